The van der Waals surface area contributed by atoms with Gasteiger partial charge in [-0.25, -0.2) is 0 Å². The summed E-state index contributed by atoms with van der Waals surface area (Å²) in [5, 5.41) is 6.23. The fourth-order valence-electron chi connectivity index (χ4n) is 4.88. The number of methoxy groups -OCH3 is 1. The monoisotopic (exact) mass is 470 g/mol. The normalized spacial score (nSPS) is 25.8. The van der Waals surface area contributed by atoms with Crippen LogP contribution in [0.1, 0.15) is 17.5 Å². The molecule has 1 aliphatic heterocycles. The van der Waals surface area contributed by atoms with E-state index in [0.717, 1.165) is 17.0 Å². The van der Waals surface area contributed by atoms with Crippen LogP contribution in [0.3, 0.4) is 0 Å². The highest BCUT2D eigenvalue weighted by Gasteiger charge is 2.59. The lowest BCUT2D eigenvalue weighted by molar-refractivity contribution is -0.140. The standard InChI is InChI=1S/C24H20Cl2N2O4/c1-31-19-10-17(25)9-16(22(19)32-12-15-4-2-3-5-18(15)26)11-27-28-23(29)20-13-6-7-14(8-13)21(20)24(28)30/h2-7,9-11,13-14,20-21H,8,12H2,1H3. The number of allylic oxidation sites excluding steroid dienone is 2. The Morgan fingerprint density at radius 3 is 2.44 bits per heavy atom. The van der Waals surface area contributed by atoms with Crippen molar-refractivity contribution in [2.75, 3.05) is 7.11 Å². The fraction of sp³-hybridized carbons (Fsp3) is 0.292. The summed E-state index contributed by atoms with van der Waals surface area (Å²) in [4.78, 5) is 25.8. The number of rotatable bonds is 6. The number of hydrogen-bond donors (Lipinski definition) is 0. The Morgan fingerprint density at radius 2 is 1.78 bits per heavy atom. The number of carbonyl (C=O) groups excluding carboxylic acids is 2. The average Bonchev–Trinajstić information content (AvgIpc) is 3.46. The molecule has 2 fully saturated rings. The Morgan fingerprint density at radius 1 is 1.09 bits per heavy atom. The average molecular weight is 471 g/mol. The summed E-state index contributed by atoms with van der Waals surface area (Å²) in [5.41, 5.74) is 1.29. The van der Waals surface area contributed by atoms with Crippen LogP contribution < -0.4 is 9.47 Å². The lowest BCUT2D eigenvalue weighted by Crippen LogP contribution is -2.28. The minimum absolute atomic E-state index is 0.127. The van der Waals surface area contributed by atoms with Crippen molar-refractivity contribution in [1.29, 1.82) is 0 Å². The summed E-state index contributed by atoms with van der Waals surface area (Å²) >= 11 is 12.5. The maximum absolute atomic E-state index is 12.9. The lowest BCUT2D eigenvalue weighted by Gasteiger charge is -2.15. The van der Waals surface area contributed by atoms with Crippen LogP contribution in [-0.4, -0.2) is 30.1 Å². The van der Waals surface area contributed by atoms with Crippen LogP contribution in [0.25, 0.3) is 0 Å². The highest BCUT2D eigenvalue weighted by molar-refractivity contribution is 6.31. The number of amides is 2. The number of hydrogen-bond acceptors (Lipinski definition) is 5. The molecule has 4 atom stereocenters. The quantitative estimate of drug-likeness (QED) is 0.347. The molecule has 0 aromatic heterocycles. The largest absolute Gasteiger partial charge is 0.493 e. The third-order valence-corrected chi connectivity index (χ3v) is 6.94. The summed E-state index contributed by atoms with van der Waals surface area (Å²) in [7, 11) is 1.51. The first kappa shape index (κ1) is 21.0. The second-order valence-electron chi connectivity index (χ2n) is 8.14. The van der Waals surface area contributed by atoms with Crippen LogP contribution in [0.15, 0.2) is 53.7 Å². The number of benzene rings is 2. The number of ether oxygens (including phenoxy) is 2. The second kappa shape index (κ2) is 8.26. The van der Waals surface area contributed by atoms with Crippen molar-refractivity contribution in [2.45, 2.75) is 13.0 Å². The van der Waals surface area contributed by atoms with E-state index < -0.39 is 0 Å². The summed E-state index contributed by atoms with van der Waals surface area (Å²) in [6, 6.07) is 10.6. The number of imide groups is 1. The van der Waals surface area contributed by atoms with Crippen LogP contribution in [0.4, 0.5) is 0 Å². The van der Waals surface area contributed by atoms with E-state index in [4.69, 9.17) is 32.7 Å². The minimum atomic E-state index is -0.306. The topological polar surface area (TPSA) is 68.2 Å². The van der Waals surface area contributed by atoms with Gasteiger partial charge in [0.1, 0.15) is 6.61 Å². The molecule has 0 N–H and O–H groups in total. The molecule has 4 unspecified atom stereocenters. The van der Waals surface area contributed by atoms with Crippen LogP contribution in [0.2, 0.25) is 10.0 Å². The molecule has 164 valence electrons. The molecule has 2 aromatic carbocycles. The molecule has 5 rings (SSSR count). The van der Waals surface area contributed by atoms with Crippen molar-refractivity contribution in [3.8, 4) is 11.5 Å². The molecule has 2 aromatic rings. The van der Waals surface area contributed by atoms with Gasteiger partial charge in [0.2, 0.25) is 0 Å². The van der Waals surface area contributed by atoms with Crippen LogP contribution in [-0.2, 0) is 16.2 Å². The molecule has 2 amide bonds. The Kier molecular flexibility index (Phi) is 5.43. The molecule has 8 heteroatoms. The first-order valence-electron chi connectivity index (χ1n) is 10.3. The number of fused-ring (bicyclic) bond motifs is 5. The van der Waals surface area contributed by atoms with Gasteiger partial charge in [-0.05, 0) is 30.4 Å². The van der Waals surface area contributed by atoms with E-state index in [1.807, 2.05) is 30.4 Å². The number of hydrazone groups is 1. The molecule has 2 aliphatic carbocycles. The van der Waals surface area contributed by atoms with Gasteiger partial charge in [-0.3, -0.25) is 9.59 Å². The highest BCUT2D eigenvalue weighted by atomic mass is 35.5. The zero-order chi connectivity index (χ0) is 22.4. The molecule has 1 saturated heterocycles. The molecular weight excluding hydrogens is 451 g/mol. The molecule has 0 radical (unpaired) electrons. The Labute approximate surface area is 195 Å². The van der Waals surface area contributed by atoms with E-state index in [-0.39, 0.29) is 42.1 Å². The SMILES string of the molecule is COc1cc(Cl)cc(C=NN2C(=O)C3C4C=CC(C4)C3C2=O)c1OCc1ccccc1Cl. The van der Waals surface area contributed by atoms with Crippen LogP contribution in [0, 0.1) is 23.7 Å². The first-order valence-corrected chi connectivity index (χ1v) is 11.1. The zero-order valence-electron chi connectivity index (χ0n) is 17.2. The fourth-order valence-corrected chi connectivity index (χ4v) is 5.28. The summed E-state index contributed by atoms with van der Waals surface area (Å²) < 4.78 is 11.4. The predicted octanol–water partition coefficient (Wildman–Crippen LogP) is 4.72. The predicted molar refractivity (Wildman–Crippen MR) is 121 cm³/mol. The smallest absolute Gasteiger partial charge is 0.254 e. The molecule has 3 aliphatic rings. The van der Waals surface area contributed by atoms with Gasteiger partial charge < -0.3 is 9.47 Å². The molecule has 2 bridgehead atoms. The molecule has 32 heavy (non-hydrogen) atoms. The number of halogens is 2. The van der Waals surface area contributed by atoms with Gasteiger partial charge in [0, 0.05) is 27.2 Å². The summed E-state index contributed by atoms with van der Waals surface area (Å²) in [6.07, 6.45) is 6.39. The zero-order valence-corrected chi connectivity index (χ0v) is 18.7. The van der Waals surface area contributed by atoms with Crippen molar-refractivity contribution in [1.82, 2.24) is 5.01 Å². The van der Waals surface area contributed by atoms with Gasteiger partial charge in [-0.2, -0.15) is 10.1 Å². The summed E-state index contributed by atoms with van der Waals surface area (Å²) in [5.74, 6) is -0.0594. The van der Waals surface area contributed by atoms with Gasteiger partial charge in [0.15, 0.2) is 11.5 Å². The van der Waals surface area contributed by atoms with Crippen LogP contribution in [0.5, 0.6) is 11.5 Å². The number of carbonyl (C=O) groups is 2. The van der Waals surface area contributed by atoms with Crippen molar-refractivity contribution in [2.24, 2.45) is 28.8 Å². The minimum Gasteiger partial charge on any atom is -0.493 e. The Balaban J connectivity index is 1.42. The molecule has 0 spiro atoms. The lowest BCUT2D eigenvalue weighted by atomic mass is 9.85. The molecule has 1 heterocycles. The highest BCUT2D eigenvalue weighted by Crippen LogP contribution is 2.52. The van der Waals surface area contributed by atoms with E-state index in [1.165, 1.54) is 13.3 Å². The van der Waals surface area contributed by atoms with Gasteiger partial charge in [0.05, 0.1) is 25.2 Å². The van der Waals surface area contributed by atoms with Crippen molar-refractivity contribution in [3.05, 3.63) is 69.7 Å². The van der Waals surface area contributed by atoms with E-state index in [0.29, 0.717) is 27.1 Å². The van der Waals surface area contributed by atoms with Gasteiger partial charge >= 0.3 is 0 Å². The molecular formula is C24H20Cl2N2O4. The van der Waals surface area contributed by atoms with Gasteiger partial charge in [-0.15, -0.1) is 0 Å². The Hall–Kier alpha value is -2.83. The Bertz CT molecular complexity index is 1130. The molecule has 1 saturated carbocycles. The number of nitrogens with zero attached hydrogens (tertiary/aromatic N) is 2. The van der Waals surface area contributed by atoms with E-state index in [9.17, 15) is 9.59 Å². The third-order valence-electron chi connectivity index (χ3n) is 6.36. The van der Waals surface area contributed by atoms with E-state index in [1.54, 1.807) is 18.2 Å². The third kappa shape index (κ3) is 3.48. The van der Waals surface area contributed by atoms with Crippen molar-refractivity contribution < 1.29 is 19.1 Å². The van der Waals surface area contributed by atoms with Gasteiger partial charge in [0.25, 0.3) is 11.8 Å². The first-order chi connectivity index (χ1) is 15.5. The van der Waals surface area contributed by atoms with Crippen LogP contribution >= 0.6 is 23.2 Å². The van der Waals surface area contributed by atoms with E-state index >= 15 is 0 Å². The van der Waals surface area contributed by atoms with Crippen molar-refractivity contribution in [3.63, 3.8) is 0 Å². The maximum atomic E-state index is 12.9. The maximum Gasteiger partial charge on any atom is 0.254 e. The second-order valence-corrected chi connectivity index (χ2v) is 8.98. The van der Waals surface area contributed by atoms with Crippen molar-refractivity contribution >= 4 is 41.2 Å². The van der Waals surface area contributed by atoms with Gasteiger partial charge in [-0.1, -0.05) is 53.6 Å². The van der Waals surface area contributed by atoms with E-state index in [2.05, 4.69) is 5.10 Å². The summed E-state index contributed by atoms with van der Waals surface area (Å²) in [6.45, 7) is 0.194. The molecule has 6 nitrogen and oxygen atoms in total.